The first-order valence-corrected chi connectivity index (χ1v) is 7.83. The quantitative estimate of drug-likeness (QED) is 0.788. The van der Waals surface area contributed by atoms with Crippen molar-refractivity contribution in [3.63, 3.8) is 0 Å². The number of pyridine rings is 1. The summed E-state index contributed by atoms with van der Waals surface area (Å²) in [6, 6.07) is 4.07. The predicted octanol–water partition coefficient (Wildman–Crippen LogP) is 2.98. The van der Waals surface area contributed by atoms with Gasteiger partial charge in [0, 0.05) is 23.6 Å². The molecule has 0 N–H and O–H groups in total. The molecule has 5 heteroatoms. The Balaban J connectivity index is 1.79. The third-order valence-electron chi connectivity index (χ3n) is 4.84. The number of aromatic nitrogens is 1. The van der Waals surface area contributed by atoms with Crippen LogP contribution in [0.5, 0.6) is 0 Å². The molecule has 0 atom stereocenters. The molecule has 0 aliphatic carbocycles. The van der Waals surface area contributed by atoms with Gasteiger partial charge in [-0.2, -0.15) is 0 Å². The van der Waals surface area contributed by atoms with Crippen molar-refractivity contribution in [2.24, 2.45) is 4.99 Å². The van der Waals surface area contributed by atoms with Crippen molar-refractivity contribution in [1.29, 1.82) is 0 Å². The summed E-state index contributed by atoms with van der Waals surface area (Å²) in [6.07, 6.45) is 5.78. The molecule has 3 rings (SSSR count). The van der Waals surface area contributed by atoms with Crippen molar-refractivity contribution in [3.8, 4) is 0 Å². The van der Waals surface area contributed by atoms with Gasteiger partial charge in [-0.15, -0.1) is 0 Å². The Morgan fingerprint density at radius 2 is 1.73 bits per heavy atom. The van der Waals surface area contributed by atoms with Crippen LogP contribution < -0.4 is 5.46 Å². The number of rotatable bonds is 2. The average molecular weight is 298 g/mol. The standard InChI is InChI=1S/C17H23BN2O2/c1-12-6-7-13(10-19-12)15-9-8-14(11-20-15)18-21-16(2,3)17(4,5)22-18/h8-11H,6-7H2,1-5H3. The number of hydrogen-bond donors (Lipinski definition) is 0. The summed E-state index contributed by atoms with van der Waals surface area (Å²) in [4.78, 5) is 8.96. The van der Waals surface area contributed by atoms with Crippen LogP contribution in [0.15, 0.2) is 29.5 Å². The molecular weight excluding hydrogens is 275 g/mol. The number of allylic oxidation sites excluding steroid dienone is 1. The zero-order valence-electron chi connectivity index (χ0n) is 14.0. The fraction of sp³-hybridized carbons (Fsp3) is 0.529. The molecule has 0 amide bonds. The van der Waals surface area contributed by atoms with E-state index in [0.29, 0.717) is 0 Å². The summed E-state index contributed by atoms with van der Waals surface area (Å²) < 4.78 is 12.1. The van der Waals surface area contributed by atoms with E-state index in [1.54, 1.807) is 0 Å². The van der Waals surface area contributed by atoms with Gasteiger partial charge in [0.25, 0.3) is 0 Å². The highest BCUT2D eigenvalue weighted by Gasteiger charge is 2.51. The van der Waals surface area contributed by atoms with Crippen molar-refractivity contribution in [1.82, 2.24) is 4.98 Å². The van der Waals surface area contributed by atoms with Crippen LogP contribution in [-0.4, -0.2) is 29.0 Å². The van der Waals surface area contributed by atoms with Crippen molar-refractivity contribution < 1.29 is 9.31 Å². The third-order valence-corrected chi connectivity index (χ3v) is 4.84. The van der Waals surface area contributed by atoms with Gasteiger partial charge < -0.3 is 9.31 Å². The van der Waals surface area contributed by atoms with E-state index in [9.17, 15) is 0 Å². The maximum absolute atomic E-state index is 6.05. The molecule has 0 spiro atoms. The van der Waals surface area contributed by atoms with Crippen LogP contribution in [0, 0.1) is 0 Å². The molecule has 1 saturated heterocycles. The highest BCUT2D eigenvalue weighted by Crippen LogP contribution is 2.36. The van der Waals surface area contributed by atoms with Crippen molar-refractivity contribution in [3.05, 3.63) is 30.2 Å². The van der Waals surface area contributed by atoms with Crippen LogP contribution in [-0.2, 0) is 9.31 Å². The minimum Gasteiger partial charge on any atom is -0.399 e. The summed E-state index contributed by atoms with van der Waals surface area (Å²) in [5, 5.41) is 0. The Bertz CT molecular complexity index is 617. The molecule has 0 bridgehead atoms. The Labute approximate surface area is 132 Å². The third kappa shape index (κ3) is 2.75. The smallest absolute Gasteiger partial charge is 0.399 e. The highest BCUT2D eigenvalue weighted by molar-refractivity contribution is 6.62. The van der Waals surface area contributed by atoms with Gasteiger partial charge in [-0.1, -0.05) is 6.07 Å². The molecule has 1 aromatic heterocycles. The number of aliphatic imine (C=N–C) groups is 1. The Morgan fingerprint density at radius 1 is 1.05 bits per heavy atom. The van der Waals surface area contributed by atoms with Gasteiger partial charge in [0.2, 0.25) is 0 Å². The molecular formula is C17H23BN2O2. The SMILES string of the molecule is CC1=NC=C(c2ccc(B3OC(C)(C)C(C)(C)O3)cn2)CC1. The first kappa shape index (κ1) is 15.4. The van der Waals surface area contributed by atoms with Crippen LogP contribution in [0.3, 0.4) is 0 Å². The minimum atomic E-state index is -0.354. The molecule has 0 unspecified atom stereocenters. The second-order valence-corrected chi connectivity index (χ2v) is 7.08. The van der Waals surface area contributed by atoms with E-state index in [2.05, 4.69) is 44.6 Å². The normalized spacial score (nSPS) is 23.2. The lowest BCUT2D eigenvalue weighted by molar-refractivity contribution is 0.00578. The molecule has 4 nitrogen and oxygen atoms in total. The van der Waals surface area contributed by atoms with E-state index in [1.807, 2.05) is 24.5 Å². The van der Waals surface area contributed by atoms with Gasteiger partial charge in [-0.3, -0.25) is 9.98 Å². The Kier molecular flexibility index (Phi) is 3.73. The van der Waals surface area contributed by atoms with E-state index in [1.165, 1.54) is 11.3 Å². The van der Waals surface area contributed by atoms with Crippen LogP contribution in [0.2, 0.25) is 0 Å². The first-order chi connectivity index (χ1) is 10.3. The molecule has 2 aliphatic heterocycles. The first-order valence-electron chi connectivity index (χ1n) is 7.83. The molecule has 2 aliphatic rings. The number of nitrogens with zero attached hydrogens (tertiary/aromatic N) is 2. The van der Waals surface area contributed by atoms with Gasteiger partial charge in [-0.25, -0.2) is 0 Å². The molecule has 0 aromatic carbocycles. The Hall–Kier alpha value is -1.46. The van der Waals surface area contributed by atoms with Crippen LogP contribution in [0.4, 0.5) is 0 Å². The van der Waals surface area contributed by atoms with Crippen molar-refractivity contribution >= 4 is 23.9 Å². The van der Waals surface area contributed by atoms with E-state index in [4.69, 9.17) is 9.31 Å². The monoisotopic (exact) mass is 298 g/mol. The van der Waals surface area contributed by atoms with Crippen LogP contribution >= 0.6 is 0 Å². The summed E-state index contributed by atoms with van der Waals surface area (Å²) >= 11 is 0. The summed E-state index contributed by atoms with van der Waals surface area (Å²) in [5.41, 5.74) is 3.65. The zero-order valence-corrected chi connectivity index (χ0v) is 14.0. The van der Waals surface area contributed by atoms with E-state index < -0.39 is 0 Å². The van der Waals surface area contributed by atoms with Crippen molar-refractivity contribution in [2.75, 3.05) is 0 Å². The fourth-order valence-corrected chi connectivity index (χ4v) is 2.54. The second-order valence-electron chi connectivity index (χ2n) is 7.08. The lowest BCUT2D eigenvalue weighted by Crippen LogP contribution is -2.41. The minimum absolute atomic E-state index is 0.325. The maximum atomic E-state index is 6.05. The molecule has 116 valence electrons. The van der Waals surface area contributed by atoms with E-state index in [0.717, 1.165) is 24.0 Å². The average Bonchev–Trinajstić information content (AvgIpc) is 2.68. The largest absolute Gasteiger partial charge is 0.496 e. The molecule has 3 heterocycles. The summed E-state index contributed by atoms with van der Waals surface area (Å²) in [5.74, 6) is 0. The van der Waals surface area contributed by atoms with E-state index in [-0.39, 0.29) is 18.3 Å². The van der Waals surface area contributed by atoms with Gasteiger partial charge in [0.15, 0.2) is 0 Å². The van der Waals surface area contributed by atoms with Crippen LogP contribution in [0.1, 0.15) is 53.2 Å². The predicted molar refractivity (Wildman–Crippen MR) is 90.3 cm³/mol. The van der Waals surface area contributed by atoms with Gasteiger partial charge >= 0.3 is 7.12 Å². The lowest BCUT2D eigenvalue weighted by atomic mass is 9.80. The van der Waals surface area contributed by atoms with Gasteiger partial charge in [-0.05, 0) is 59.1 Å². The molecule has 1 aromatic rings. The van der Waals surface area contributed by atoms with Gasteiger partial charge in [0.05, 0.1) is 16.9 Å². The second kappa shape index (κ2) is 5.32. The molecule has 0 radical (unpaired) electrons. The highest BCUT2D eigenvalue weighted by atomic mass is 16.7. The molecule has 22 heavy (non-hydrogen) atoms. The molecule has 0 saturated carbocycles. The van der Waals surface area contributed by atoms with E-state index >= 15 is 0 Å². The van der Waals surface area contributed by atoms with Crippen molar-refractivity contribution in [2.45, 2.75) is 58.7 Å². The lowest BCUT2D eigenvalue weighted by Gasteiger charge is -2.32. The topological polar surface area (TPSA) is 43.7 Å². The van der Waals surface area contributed by atoms with Gasteiger partial charge in [0.1, 0.15) is 0 Å². The number of hydrogen-bond acceptors (Lipinski definition) is 4. The fourth-order valence-electron chi connectivity index (χ4n) is 2.54. The zero-order chi connectivity index (χ0) is 16.0. The summed E-state index contributed by atoms with van der Waals surface area (Å²) in [6.45, 7) is 10.3. The maximum Gasteiger partial charge on any atom is 0.496 e. The molecule has 1 fully saturated rings. The Morgan fingerprint density at radius 3 is 2.23 bits per heavy atom. The summed E-state index contributed by atoms with van der Waals surface area (Å²) in [7, 11) is -0.354. The van der Waals surface area contributed by atoms with Crippen LogP contribution in [0.25, 0.3) is 5.57 Å².